The van der Waals surface area contributed by atoms with Crippen molar-refractivity contribution in [1.29, 1.82) is 0 Å². The molecule has 1 aromatic rings. The first-order valence-corrected chi connectivity index (χ1v) is 6.51. The van der Waals surface area contributed by atoms with E-state index in [9.17, 15) is 22.8 Å². The van der Waals surface area contributed by atoms with Crippen molar-refractivity contribution in [2.75, 3.05) is 25.0 Å². The molecule has 0 aliphatic rings. The molecular formula is C12H12BrF3N2O3. The van der Waals surface area contributed by atoms with Gasteiger partial charge in [-0.25, -0.2) is 0 Å². The number of carboxylic acids is 1. The molecule has 0 saturated carbocycles. The maximum absolute atomic E-state index is 12.3. The smallest absolute Gasteiger partial charge is 0.401 e. The number of carboxylic acid groups (broad SMARTS) is 1. The average Bonchev–Trinajstić information content (AvgIpc) is 2.24. The van der Waals surface area contributed by atoms with E-state index < -0.39 is 37.7 Å². The van der Waals surface area contributed by atoms with Crippen LogP contribution in [0.3, 0.4) is 0 Å². The van der Waals surface area contributed by atoms with Crippen molar-refractivity contribution in [2.45, 2.75) is 6.18 Å². The number of hydrogen-bond donors (Lipinski definition) is 2. The molecule has 0 fully saturated rings. The zero-order valence-electron chi connectivity index (χ0n) is 10.7. The highest BCUT2D eigenvalue weighted by Crippen LogP contribution is 2.17. The molecule has 116 valence electrons. The van der Waals surface area contributed by atoms with Gasteiger partial charge in [0.15, 0.2) is 0 Å². The van der Waals surface area contributed by atoms with Gasteiger partial charge in [-0.2, -0.15) is 13.2 Å². The molecule has 0 heterocycles. The Morgan fingerprint density at radius 1 is 1.29 bits per heavy atom. The number of amides is 1. The molecule has 0 aliphatic heterocycles. The number of hydrogen-bond acceptors (Lipinski definition) is 3. The van der Waals surface area contributed by atoms with Gasteiger partial charge in [-0.15, -0.1) is 0 Å². The Balaban J connectivity index is 2.65. The van der Waals surface area contributed by atoms with Crippen molar-refractivity contribution in [3.63, 3.8) is 0 Å². The number of halogens is 4. The first-order chi connectivity index (χ1) is 9.65. The second kappa shape index (κ2) is 7.41. The number of anilines is 1. The molecule has 0 saturated heterocycles. The monoisotopic (exact) mass is 368 g/mol. The molecule has 1 amide bonds. The van der Waals surface area contributed by atoms with E-state index in [1.54, 1.807) is 24.3 Å². The fraction of sp³-hybridized carbons (Fsp3) is 0.333. The number of benzene rings is 1. The summed E-state index contributed by atoms with van der Waals surface area (Å²) >= 11 is 3.19. The number of alkyl halides is 3. The molecule has 0 unspecified atom stereocenters. The van der Waals surface area contributed by atoms with Gasteiger partial charge in [0.2, 0.25) is 5.91 Å². The van der Waals surface area contributed by atoms with Crippen molar-refractivity contribution in [3.05, 3.63) is 28.7 Å². The largest absolute Gasteiger partial charge is 0.480 e. The Morgan fingerprint density at radius 3 is 2.48 bits per heavy atom. The molecule has 0 spiro atoms. The Hall–Kier alpha value is -1.61. The Kier molecular flexibility index (Phi) is 6.16. The highest BCUT2D eigenvalue weighted by molar-refractivity contribution is 9.10. The van der Waals surface area contributed by atoms with E-state index in [4.69, 9.17) is 5.11 Å². The maximum atomic E-state index is 12.3. The van der Waals surface area contributed by atoms with Crippen molar-refractivity contribution >= 4 is 33.5 Å². The van der Waals surface area contributed by atoms with Crippen LogP contribution in [0.5, 0.6) is 0 Å². The van der Waals surface area contributed by atoms with Crippen molar-refractivity contribution in [2.24, 2.45) is 0 Å². The minimum Gasteiger partial charge on any atom is -0.480 e. The van der Waals surface area contributed by atoms with Gasteiger partial charge in [0, 0.05) is 10.2 Å². The van der Waals surface area contributed by atoms with E-state index >= 15 is 0 Å². The van der Waals surface area contributed by atoms with E-state index in [0.717, 1.165) is 0 Å². The van der Waals surface area contributed by atoms with Gasteiger partial charge in [-0.3, -0.25) is 14.5 Å². The number of aliphatic carboxylic acids is 1. The first kappa shape index (κ1) is 17.4. The van der Waals surface area contributed by atoms with Crippen LogP contribution in [0.2, 0.25) is 0 Å². The molecule has 21 heavy (non-hydrogen) atoms. The number of carbonyl (C=O) groups excluding carboxylic acids is 1. The van der Waals surface area contributed by atoms with Crippen LogP contribution in [0.1, 0.15) is 0 Å². The lowest BCUT2D eigenvalue weighted by Gasteiger charge is -2.21. The molecular weight excluding hydrogens is 357 g/mol. The highest BCUT2D eigenvalue weighted by Gasteiger charge is 2.32. The van der Waals surface area contributed by atoms with Gasteiger partial charge in [-0.1, -0.05) is 22.0 Å². The van der Waals surface area contributed by atoms with Crippen LogP contribution in [0, 0.1) is 0 Å². The van der Waals surface area contributed by atoms with Crippen LogP contribution in [0.4, 0.5) is 18.9 Å². The molecule has 0 aromatic heterocycles. The third-order valence-corrected chi connectivity index (χ3v) is 2.73. The predicted octanol–water partition coefficient (Wildman–Crippen LogP) is 2.34. The molecule has 2 N–H and O–H groups in total. The third-order valence-electron chi connectivity index (χ3n) is 2.24. The lowest BCUT2D eigenvalue weighted by Crippen LogP contribution is -2.42. The SMILES string of the molecule is O=C(O)CN(CC(=O)Nc1cccc(Br)c1)CC(F)(F)F. The normalized spacial score (nSPS) is 11.5. The molecule has 0 bridgehead atoms. The van der Waals surface area contributed by atoms with E-state index in [1.165, 1.54) is 0 Å². The summed E-state index contributed by atoms with van der Waals surface area (Å²) in [6.07, 6.45) is -4.58. The fourth-order valence-electron chi connectivity index (χ4n) is 1.58. The quantitative estimate of drug-likeness (QED) is 0.808. The fourth-order valence-corrected chi connectivity index (χ4v) is 1.98. The summed E-state index contributed by atoms with van der Waals surface area (Å²) in [5.74, 6) is -2.16. The van der Waals surface area contributed by atoms with Crippen LogP contribution in [0.15, 0.2) is 28.7 Å². The Bertz CT molecular complexity index is 523. The maximum Gasteiger partial charge on any atom is 0.401 e. The summed E-state index contributed by atoms with van der Waals surface area (Å²) in [7, 11) is 0. The zero-order valence-corrected chi connectivity index (χ0v) is 12.2. The second-order valence-corrected chi connectivity index (χ2v) is 5.13. The lowest BCUT2D eigenvalue weighted by molar-refractivity contribution is -0.154. The van der Waals surface area contributed by atoms with Crippen molar-refractivity contribution in [3.8, 4) is 0 Å². The molecule has 5 nitrogen and oxygen atoms in total. The van der Waals surface area contributed by atoms with E-state index in [0.29, 0.717) is 15.1 Å². The van der Waals surface area contributed by atoms with E-state index in [1.807, 2.05) is 0 Å². The van der Waals surface area contributed by atoms with Gasteiger partial charge in [0.1, 0.15) is 0 Å². The molecule has 0 radical (unpaired) electrons. The number of rotatable bonds is 6. The van der Waals surface area contributed by atoms with Gasteiger partial charge < -0.3 is 10.4 Å². The second-order valence-electron chi connectivity index (χ2n) is 4.21. The summed E-state index contributed by atoms with van der Waals surface area (Å²) in [5, 5.41) is 11.0. The van der Waals surface area contributed by atoms with Gasteiger partial charge >= 0.3 is 12.1 Å². The zero-order chi connectivity index (χ0) is 16.0. The number of nitrogens with zero attached hydrogens (tertiary/aromatic N) is 1. The van der Waals surface area contributed by atoms with Crippen molar-refractivity contribution < 1.29 is 27.9 Å². The molecule has 9 heteroatoms. The van der Waals surface area contributed by atoms with E-state index in [-0.39, 0.29) is 0 Å². The topological polar surface area (TPSA) is 69.6 Å². The van der Waals surface area contributed by atoms with Crippen LogP contribution in [-0.4, -0.2) is 47.7 Å². The summed E-state index contributed by atoms with van der Waals surface area (Å²) in [4.78, 5) is 22.7. The van der Waals surface area contributed by atoms with Gasteiger partial charge in [0.05, 0.1) is 19.6 Å². The van der Waals surface area contributed by atoms with Crippen LogP contribution >= 0.6 is 15.9 Å². The molecule has 1 rings (SSSR count). The van der Waals surface area contributed by atoms with Crippen LogP contribution in [0.25, 0.3) is 0 Å². The minimum absolute atomic E-state index is 0.400. The summed E-state index contributed by atoms with van der Waals surface area (Å²) < 4.78 is 37.6. The number of nitrogens with one attached hydrogen (secondary N) is 1. The van der Waals surface area contributed by atoms with Gasteiger partial charge in [-0.05, 0) is 18.2 Å². The first-order valence-electron chi connectivity index (χ1n) is 5.72. The Labute approximate surface area is 126 Å². The molecule has 0 aliphatic carbocycles. The molecule has 0 atom stereocenters. The predicted molar refractivity (Wildman–Crippen MR) is 72.9 cm³/mol. The average molecular weight is 369 g/mol. The summed E-state index contributed by atoms with van der Waals surface area (Å²) in [6.45, 7) is -3.01. The van der Waals surface area contributed by atoms with Crippen molar-refractivity contribution in [1.82, 2.24) is 4.90 Å². The molecule has 1 aromatic carbocycles. The standard InChI is InChI=1S/C12H12BrF3N2O3/c13-8-2-1-3-9(4-8)17-10(19)5-18(6-11(20)21)7-12(14,15)16/h1-4H,5-7H2,(H,17,19)(H,20,21). The summed E-state index contributed by atoms with van der Waals surface area (Å²) in [5.41, 5.74) is 0.400. The van der Waals surface area contributed by atoms with E-state index in [2.05, 4.69) is 21.2 Å². The number of carbonyl (C=O) groups is 2. The Morgan fingerprint density at radius 2 is 1.95 bits per heavy atom. The third kappa shape index (κ3) is 7.66. The lowest BCUT2D eigenvalue weighted by atomic mass is 10.3. The van der Waals surface area contributed by atoms with Gasteiger partial charge in [0.25, 0.3) is 0 Å². The minimum atomic E-state index is -4.58. The highest BCUT2D eigenvalue weighted by atomic mass is 79.9. The van der Waals surface area contributed by atoms with Crippen LogP contribution in [-0.2, 0) is 9.59 Å². The van der Waals surface area contributed by atoms with Crippen LogP contribution < -0.4 is 5.32 Å². The summed E-state index contributed by atoms with van der Waals surface area (Å²) in [6, 6.07) is 6.50.